The van der Waals surface area contributed by atoms with E-state index in [1.54, 1.807) is 0 Å². The highest BCUT2D eigenvalue weighted by atomic mass is 32.1. The lowest BCUT2D eigenvalue weighted by molar-refractivity contribution is 0.480. The number of rotatable bonds is 3. The van der Waals surface area contributed by atoms with Crippen LogP contribution in [-0.2, 0) is 0 Å². The van der Waals surface area contributed by atoms with Crippen LogP contribution in [0.2, 0.25) is 0 Å². The van der Waals surface area contributed by atoms with E-state index < -0.39 is 0 Å². The molecule has 13 heavy (non-hydrogen) atoms. The van der Waals surface area contributed by atoms with Gasteiger partial charge in [0.2, 0.25) is 0 Å². The smallest absolute Gasteiger partial charge is 0.100 e. The van der Waals surface area contributed by atoms with E-state index in [1.165, 1.54) is 17.3 Å². The Morgan fingerprint density at radius 2 is 2.31 bits per heavy atom. The molecule has 0 N–H and O–H groups in total. The Morgan fingerprint density at radius 1 is 1.62 bits per heavy atom. The zero-order valence-electron chi connectivity index (χ0n) is 8.66. The van der Waals surface area contributed by atoms with Crippen LogP contribution in [0.25, 0.3) is 5.57 Å². The first kappa shape index (κ1) is 10.4. The lowest BCUT2D eigenvalue weighted by atomic mass is 9.80. The first-order valence-corrected chi connectivity index (χ1v) is 5.29. The molecule has 0 spiro atoms. The molecule has 0 saturated heterocycles. The van der Waals surface area contributed by atoms with Gasteiger partial charge in [-0.15, -0.1) is 0 Å². The molecule has 0 saturated carbocycles. The number of nitrogens with zero attached hydrogens (tertiary/aromatic N) is 2. The molecular formula is C10H16N2S. The Kier molecular flexibility index (Phi) is 3.20. The molecule has 72 valence electrons. The average Bonchev–Trinajstić information content (AvgIpc) is 2.58. The summed E-state index contributed by atoms with van der Waals surface area (Å²) in [4.78, 5) is 0. The summed E-state index contributed by atoms with van der Waals surface area (Å²) in [5.41, 5.74) is 2.52. The predicted octanol–water partition coefficient (Wildman–Crippen LogP) is 3.38. The molecule has 3 heteroatoms. The van der Waals surface area contributed by atoms with Crippen molar-refractivity contribution in [3.05, 3.63) is 18.0 Å². The Labute approximate surface area is 84.0 Å². The lowest BCUT2D eigenvalue weighted by Gasteiger charge is -2.24. The van der Waals surface area contributed by atoms with Crippen LogP contribution in [0.15, 0.2) is 12.3 Å². The normalized spacial score (nSPS) is 13.4. The minimum atomic E-state index is 0.199. The summed E-state index contributed by atoms with van der Waals surface area (Å²) >= 11 is 1.27. The van der Waals surface area contributed by atoms with Gasteiger partial charge in [0.15, 0.2) is 0 Å². The van der Waals surface area contributed by atoms with Crippen LogP contribution >= 0.6 is 11.7 Å². The molecule has 0 radical (unpaired) electrons. The second kappa shape index (κ2) is 4.01. The highest BCUT2D eigenvalue weighted by molar-refractivity contribution is 6.99. The van der Waals surface area contributed by atoms with Gasteiger partial charge in [-0.05, 0) is 24.3 Å². The van der Waals surface area contributed by atoms with Gasteiger partial charge < -0.3 is 0 Å². The van der Waals surface area contributed by atoms with Gasteiger partial charge in [-0.2, -0.15) is 8.75 Å². The lowest BCUT2D eigenvalue weighted by Crippen LogP contribution is -2.12. The zero-order valence-corrected chi connectivity index (χ0v) is 9.48. The Bertz CT molecular complexity index is 286. The summed E-state index contributed by atoms with van der Waals surface area (Å²) in [6.45, 7) is 8.73. The van der Waals surface area contributed by atoms with Crippen LogP contribution in [0, 0.1) is 5.41 Å². The van der Waals surface area contributed by atoms with E-state index in [1.807, 2.05) is 6.20 Å². The van der Waals surface area contributed by atoms with E-state index in [9.17, 15) is 0 Å². The molecule has 0 aliphatic carbocycles. The summed E-state index contributed by atoms with van der Waals surface area (Å²) in [6, 6.07) is 0. The number of hydrogen-bond donors (Lipinski definition) is 0. The van der Waals surface area contributed by atoms with Gasteiger partial charge in [0.25, 0.3) is 0 Å². The second-order valence-electron chi connectivity index (χ2n) is 3.73. The molecule has 1 heterocycles. The van der Waals surface area contributed by atoms with Gasteiger partial charge in [-0.25, -0.2) is 0 Å². The molecule has 0 aromatic carbocycles. The highest BCUT2D eigenvalue weighted by Crippen LogP contribution is 2.36. The summed E-state index contributed by atoms with van der Waals surface area (Å²) in [6.07, 6.45) is 5.10. The molecule has 1 aromatic heterocycles. The minimum Gasteiger partial charge on any atom is -0.181 e. The molecule has 2 nitrogen and oxygen atoms in total. The van der Waals surface area contributed by atoms with Crippen molar-refractivity contribution in [3.63, 3.8) is 0 Å². The number of aromatic nitrogens is 2. The Hall–Kier alpha value is -0.700. The summed E-state index contributed by atoms with van der Waals surface area (Å²) in [5, 5.41) is 0. The molecule has 0 fully saturated rings. The first-order valence-electron chi connectivity index (χ1n) is 4.56. The SMILES string of the molecule is C/C=C(\c1cnsn1)C(C)(C)CC. The van der Waals surface area contributed by atoms with Gasteiger partial charge in [0, 0.05) is 0 Å². The monoisotopic (exact) mass is 196 g/mol. The molecular weight excluding hydrogens is 180 g/mol. The summed E-state index contributed by atoms with van der Waals surface area (Å²) in [7, 11) is 0. The van der Waals surface area contributed by atoms with Crippen molar-refractivity contribution in [1.82, 2.24) is 8.75 Å². The summed E-state index contributed by atoms with van der Waals surface area (Å²) in [5.74, 6) is 0. The van der Waals surface area contributed by atoms with Crippen molar-refractivity contribution in [2.45, 2.75) is 34.1 Å². The highest BCUT2D eigenvalue weighted by Gasteiger charge is 2.23. The largest absolute Gasteiger partial charge is 0.181 e. The zero-order chi connectivity index (χ0) is 9.90. The maximum atomic E-state index is 4.26. The maximum Gasteiger partial charge on any atom is 0.100 e. The van der Waals surface area contributed by atoms with E-state index in [0.717, 1.165) is 12.1 Å². The number of hydrogen-bond acceptors (Lipinski definition) is 3. The van der Waals surface area contributed by atoms with E-state index in [2.05, 4.69) is 42.5 Å². The van der Waals surface area contributed by atoms with Crippen molar-refractivity contribution in [3.8, 4) is 0 Å². The fraction of sp³-hybridized carbons (Fsp3) is 0.600. The third kappa shape index (κ3) is 2.15. The van der Waals surface area contributed by atoms with Crippen LogP contribution in [0.4, 0.5) is 0 Å². The average molecular weight is 196 g/mol. The van der Waals surface area contributed by atoms with E-state index in [4.69, 9.17) is 0 Å². The van der Waals surface area contributed by atoms with Crippen LogP contribution in [0.3, 0.4) is 0 Å². The molecule has 1 aromatic rings. The van der Waals surface area contributed by atoms with Crippen molar-refractivity contribution >= 4 is 17.3 Å². The third-order valence-corrected chi connectivity index (χ3v) is 3.02. The second-order valence-corrected chi connectivity index (χ2v) is 4.29. The quantitative estimate of drug-likeness (QED) is 0.740. The van der Waals surface area contributed by atoms with Crippen LogP contribution < -0.4 is 0 Å². The van der Waals surface area contributed by atoms with Crippen LogP contribution in [0.1, 0.15) is 39.8 Å². The van der Waals surface area contributed by atoms with Crippen molar-refractivity contribution in [2.75, 3.05) is 0 Å². The van der Waals surface area contributed by atoms with Crippen molar-refractivity contribution < 1.29 is 0 Å². The molecule has 0 unspecified atom stereocenters. The fourth-order valence-corrected chi connectivity index (χ4v) is 1.79. The van der Waals surface area contributed by atoms with Crippen molar-refractivity contribution in [2.24, 2.45) is 5.41 Å². The van der Waals surface area contributed by atoms with Gasteiger partial charge in [-0.3, -0.25) is 0 Å². The Balaban J connectivity index is 3.01. The Morgan fingerprint density at radius 3 is 2.69 bits per heavy atom. The van der Waals surface area contributed by atoms with Gasteiger partial charge in [0.05, 0.1) is 17.9 Å². The van der Waals surface area contributed by atoms with Crippen LogP contribution in [0.5, 0.6) is 0 Å². The third-order valence-electron chi connectivity index (χ3n) is 2.54. The molecule has 0 bridgehead atoms. The molecule has 0 aliphatic heterocycles. The maximum absolute atomic E-state index is 4.26. The van der Waals surface area contributed by atoms with Gasteiger partial charge in [0.1, 0.15) is 5.69 Å². The topological polar surface area (TPSA) is 25.8 Å². The predicted molar refractivity (Wildman–Crippen MR) is 57.6 cm³/mol. The number of allylic oxidation sites excluding steroid dienone is 2. The molecule has 0 amide bonds. The molecule has 0 aliphatic rings. The van der Waals surface area contributed by atoms with E-state index in [-0.39, 0.29) is 5.41 Å². The minimum absolute atomic E-state index is 0.199. The fourth-order valence-electron chi connectivity index (χ4n) is 1.36. The van der Waals surface area contributed by atoms with E-state index >= 15 is 0 Å². The van der Waals surface area contributed by atoms with E-state index in [0.29, 0.717) is 0 Å². The first-order chi connectivity index (χ1) is 6.11. The molecule has 0 atom stereocenters. The standard InChI is InChI=1S/C10H16N2S/c1-5-8(10(3,4)6-2)9-7-11-13-12-9/h5,7H,6H2,1-4H3/b8-5+. The van der Waals surface area contributed by atoms with Crippen LogP contribution in [-0.4, -0.2) is 8.75 Å². The molecule has 1 rings (SSSR count). The van der Waals surface area contributed by atoms with Crippen molar-refractivity contribution in [1.29, 1.82) is 0 Å². The van der Waals surface area contributed by atoms with Gasteiger partial charge >= 0.3 is 0 Å². The summed E-state index contributed by atoms with van der Waals surface area (Å²) < 4.78 is 8.29. The van der Waals surface area contributed by atoms with Gasteiger partial charge in [-0.1, -0.05) is 26.8 Å².